The van der Waals surface area contributed by atoms with Crippen LogP contribution in [0.15, 0.2) is 21.9 Å². The predicted octanol–water partition coefficient (Wildman–Crippen LogP) is -11.2. The summed E-state index contributed by atoms with van der Waals surface area (Å²) in [6, 6.07) is 0.981. The standard InChI is InChI=1S/C7H6N2O5.2ClH.Mg.Na.H/c1-4(10)6(12)14-9-3-2-5(11)8-7(9)13;;;;;/h2-3H,1H3,(H,8,11,13);2*1H;;;/q;;;+2;+1;-1/p-2. The Morgan fingerprint density at radius 3 is 2.22 bits per heavy atom. The number of carbonyl (C=O) groups excluding carboxylic acids is 2. The number of aromatic amines is 1. The van der Waals surface area contributed by atoms with Crippen LogP contribution in [0.1, 0.15) is 8.35 Å². The fraction of sp³-hybridized carbons (Fsp3) is 0.143. The summed E-state index contributed by atoms with van der Waals surface area (Å²) in [5.41, 5.74) is -1.54. The molecule has 92 valence electrons. The fourth-order valence-corrected chi connectivity index (χ4v) is 0.631. The molecular weight excluding hydrogens is 310 g/mol. The zero-order chi connectivity index (χ0) is 10.7. The summed E-state index contributed by atoms with van der Waals surface area (Å²) < 4.78 is 0.463. The number of hydrogen-bond acceptors (Lipinski definition) is 5. The minimum absolute atomic E-state index is 0. The van der Waals surface area contributed by atoms with Crippen LogP contribution >= 0.6 is 0 Å². The van der Waals surface area contributed by atoms with E-state index in [0.717, 1.165) is 19.2 Å². The number of nitrogens with one attached hydrogen (secondary N) is 1. The van der Waals surface area contributed by atoms with Gasteiger partial charge in [-0.2, -0.15) is 0 Å². The van der Waals surface area contributed by atoms with E-state index in [2.05, 4.69) is 4.84 Å². The van der Waals surface area contributed by atoms with Crippen molar-refractivity contribution in [1.29, 1.82) is 0 Å². The molecule has 18 heavy (non-hydrogen) atoms. The van der Waals surface area contributed by atoms with Crippen molar-refractivity contribution >= 4 is 34.8 Å². The molecule has 7 nitrogen and oxygen atoms in total. The number of halogens is 2. The third-order valence-electron chi connectivity index (χ3n) is 1.26. The Labute approximate surface area is 153 Å². The van der Waals surface area contributed by atoms with E-state index in [9.17, 15) is 19.2 Å². The van der Waals surface area contributed by atoms with E-state index in [1.165, 1.54) is 0 Å². The third-order valence-corrected chi connectivity index (χ3v) is 1.26. The van der Waals surface area contributed by atoms with Gasteiger partial charge in [0.2, 0.25) is 5.78 Å². The van der Waals surface area contributed by atoms with Crippen molar-refractivity contribution in [2.75, 3.05) is 0 Å². The Kier molecular flexibility index (Phi) is 18.1. The van der Waals surface area contributed by atoms with Gasteiger partial charge in [0.05, 0.1) is 6.20 Å². The molecule has 0 atom stereocenters. The Hall–Kier alpha value is 0.166. The smallest absolute Gasteiger partial charge is 1.00 e. The molecule has 0 amide bonds. The van der Waals surface area contributed by atoms with Crippen molar-refractivity contribution in [3.63, 3.8) is 0 Å². The molecule has 0 radical (unpaired) electrons. The summed E-state index contributed by atoms with van der Waals surface area (Å²) in [5.74, 6) is -2.03. The maximum absolute atomic E-state index is 10.9. The molecule has 11 heteroatoms. The van der Waals surface area contributed by atoms with Crippen LogP contribution < -0.4 is 70.5 Å². The molecule has 1 N–H and O–H groups in total. The second kappa shape index (κ2) is 12.2. The Bertz CT molecular complexity index is 509. The van der Waals surface area contributed by atoms with Crippen molar-refractivity contribution in [3.8, 4) is 0 Å². The number of rotatable bonds is 2. The van der Waals surface area contributed by atoms with E-state index in [-0.39, 0.29) is 78.9 Å². The van der Waals surface area contributed by atoms with Crippen LogP contribution in [0.5, 0.6) is 0 Å². The van der Waals surface area contributed by atoms with Crippen molar-refractivity contribution < 1.29 is 70.2 Å². The number of nitrogens with zero attached hydrogens (tertiary/aromatic N) is 1. The van der Waals surface area contributed by atoms with Crippen LogP contribution in [0.2, 0.25) is 0 Å². The minimum atomic E-state index is -1.18. The minimum Gasteiger partial charge on any atom is -1.00 e. The summed E-state index contributed by atoms with van der Waals surface area (Å²) in [5, 5.41) is 0. The maximum atomic E-state index is 10.9. The van der Waals surface area contributed by atoms with Gasteiger partial charge in [0, 0.05) is 13.0 Å². The second-order valence-electron chi connectivity index (χ2n) is 2.37. The monoisotopic (exact) mass is 316 g/mol. The topological polar surface area (TPSA) is 98.2 Å². The van der Waals surface area contributed by atoms with Gasteiger partial charge in [0.15, 0.2) is 0 Å². The molecule has 0 aliphatic rings. The zero-order valence-corrected chi connectivity index (χ0v) is 14.5. The molecule has 1 aromatic rings. The van der Waals surface area contributed by atoms with Gasteiger partial charge in [-0.15, -0.1) is 4.73 Å². The number of hydrogen-bond donors (Lipinski definition) is 1. The van der Waals surface area contributed by atoms with Crippen molar-refractivity contribution in [3.05, 3.63) is 33.1 Å². The number of aromatic nitrogens is 2. The van der Waals surface area contributed by atoms with Crippen LogP contribution in [0, 0.1) is 0 Å². The largest absolute Gasteiger partial charge is 2.00 e. The van der Waals surface area contributed by atoms with Crippen LogP contribution in [0.3, 0.4) is 0 Å². The van der Waals surface area contributed by atoms with E-state index in [1.807, 2.05) is 4.98 Å². The van der Waals surface area contributed by atoms with Gasteiger partial charge in [-0.05, 0) is 0 Å². The SMILES string of the molecule is CC(=O)C(=O)On1ccc(=O)[nH]c1=O.[Cl-].[Cl-].[H-].[Mg+2].[Na+]. The third kappa shape index (κ3) is 8.30. The van der Waals surface area contributed by atoms with Crippen molar-refractivity contribution in [2.24, 2.45) is 0 Å². The molecule has 0 aliphatic heterocycles. The predicted molar refractivity (Wildman–Crippen MR) is 50.5 cm³/mol. The summed E-state index contributed by atoms with van der Waals surface area (Å²) in [4.78, 5) is 48.8. The molecule has 0 aromatic carbocycles. The molecular formula is C7H7Cl2MgN2NaO5. The van der Waals surface area contributed by atoms with Gasteiger partial charge >= 0.3 is 64.3 Å². The molecule has 1 aromatic heterocycles. The van der Waals surface area contributed by atoms with Gasteiger partial charge in [-0.3, -0.25) is 14.6 Å². The number of H-pyrrole nitrogens is 1. The van der Waals surface area contributed by atoms with Crippen LogP contribution in [-0.4, -0.2) is 44.5 Å². The van der Waals surface area contributed by atoms with Crippen molar-refractivity contribution in [1.82, 2.24) is 9.71 Å². The number of carbonyl (C=O) groups is 2. The van der Waals surface area contributed by atoms with Crippen LogP contribution in [0.25, 0.3) is 0 Å². The molecule has 0 saturated carbocycles. The first-order chi connectivity index (χ1) is 6.50. The first-order valence-corrected chi connectivity index (χ1v) is 3.56. The first-order valence-electron chi connectivity index (χ1n) is 3.56. The van der Waals surface area contributed by atoms with Gasteiger partial charge < -0.3 is 31.1 Å². The summed E-state index contributed by atoms with van der Waals surface area (Å²) in [6.45, 7) is 0.999. The number of Topliss-reactive ketones (excluding diaryl/α,β-unsaturated/α-hetero) is 1. The van der Waals surface area contributed by atoms with Gasteiger partial charge in [-0.1, -0.05) is 0 Å². The second-order valence-corrected chi connectivity index (χ2v) is 2.37. The number of ketones is 1. The normalized spacial score (nSPS) is 7.39. The van der Waals surface area contributed by atoms with Crippen LogP contribution in [0.4, 0.5) is 0 Å². The average Bonchev–Trinajstić information content (AvgIpc) is 2.09. The molecule has 0 aliphatic carbocycles. The quantitative estimate of drug-likeness (QED) is 0.431. The Morgan fingerprint density at radius 1 is 1.33 bits per heavy atom. The molecule has 0 spiro atoms. The van der Waals surface area contributed by atoms with E-state index in [1.54, 1.807) is 0 Å². The van der Waals surface area contributed by atoms with Gasteiger partial charge in [0.1, 0.15) is 0 Å². The van der Waals surface area contributed by atoms with E-state index in [0.29, 0.717) is 4.73 Å². The fourth-order valence-electron chi connectivity index (χ4n) is 0.631. The van der Waals surface area contributed by atoms with Crippen LogP contribution in [-0.2, 0) is 9.59 Å². The van der Waals surface area contributed by atoms with E-state index < -0.39 is 23.0 Å². The van der Waals surface area contributed by atoms with Crippen molar-refractivity contribution in [2.45, 2.75) is 6.92 Å². The molecule has 0 bridgehead atoms. The van der Waals surface area contributed by atoms with E-state index >= 15 is 0 Å². The summed E-state index contributed by atoms with van der Waals surface area (Å²) >= 11 is 0. The summed E-state index contributed by atoms with van der Waals surface area (Å²) in [6.07, 6.45) is 0.946. The van der Waals surface area contributed by atoms with Gasteiger partial charge in [-0.25, -0.2) is 9.59 Å². The molecule has 0 fully saturated rings. The zero-order valence-electron chi connectivity index (χ0n) is 10.6. The molecule has 0 unspecified atom stereocenters. The Morgan fingerprint density at radius 2 is 1.83 bits per heavy atom. The molecule has 0 saturated heterocycles. The van der Waals surface area contributed by atoms with E-state index in [4.69, 9.17) is 0 Å². The summed E-state index contributed by atoms with van der Waals surface area (Å²) in [7, 11) is 0. The Balaban J connectivity index is -0.000000131. The van der Waals surface area contributed by atoms with Gasteiger partial charge in [0.25, 0.3) is 5.56 Å². The average molecular weight is 317 g/mol. The molecule has 1 rings (SSSR count). The molecule has 1 heterocycles. The first kappa shape index (κ1) is 26.7. The maximum Gasteiger partial charge on any atom is 2.00 e.